The van der Waals surface area contributed by atoms with E-state index in [1.165, 1.54) is 0 Å². The van der Waals surface area contributed by atoms with Gasteiger partial charge in [0.2, 0.25) is 0 Å². The second kappa shape index (κ2) is 12.7. The fourth-order valence-electron chi connectivity index (χ4n) is 2.87. The van der Waals surface area contributed by atoms with Crippen molar-refractivity contribution < 1.29 is 50.9 Å². The summed E-state index contributed by atoms with van der Waals surface area (Å²) in [5, 5.41) is 14.2. The van der Waals surface area contributed by atoms with Crippen LogP contribution in [0.4, 0.5) is 26.3 Å². The summed E-state index contributed by atoms with van der Waals surface area (Å²) >= 11 is 0. The van der Waals surface area contributed by atoms with Gasteiger partial charge in [-0.25, -0.2) is 14.6 Å². The Balaban J connectivity index is 0.000000317. The molecule has 2 aromatic heterocycles. The summed E-state index contributed by atoms with van der Waals surface area (Å²) in [6.07, 6.45) is -6.59. The predicted molar refractivity (Wildman–Crippen MR) is 126 cm³/mol. The lowest BCUT2D eigenvalue weighted by molar-refractivity contribution is -0.193. The monoisotopic (exact) mass is 558 g/mol. The van der Waals surface area contributed by atoms with Crippen LogP contribution in [0, 0.1) is 0 Å². The van der Waals surface area contributed by atoms with Gasteiger partial charge >= 0.3 is 24.3 Å². The number of H-pyrrole nitrogens is 1. The normalized spacial score (nSPS) is 11.9. The van der Waals surface area contributed by atoms with E-state index < -0.39 is 24.3 Å². The summed E-state index contributed by atoms with van der Waals surface area (Å²) in [5.41, 5.74) is 11.5. The Kier molecular flexibility index (Phi) is 9.97. The lowest BCUT2D eigenvalue weighted by Crippen LogP contribution is -2.21. The van der Waals surface area contributed by atoms with Crippen LogP contribution in [-0.2, 0) is 9.59 Å². The van der Waals surface area contributed by atoms with Gasteiger partial charge in [0.05, 0.1) is 24.2 Å². The number of aliphatic carboxylic acids is 2. The molecule has 0 aliphatic carbocycles. The number of fused-ring (bicyclic) bond motifs is 1. The van der Waals surface area contributed by atoms with Gasteiger partial charge in [-0.15, -0.1) is 0 Å². The summed E-state index contributed by atoms with van der Waals surface area (Å²) in [4.78, 5) is 29.8. The van der Waals surface area contributed by atoms with Crippen LogP contribution in [0.15, 0.2) is 67.0 Å². The molecule has 208 valence electrons. The Morgan fingerprint density at radius 1 is 0.872 bits per heavy atom. The third kappa shape index (κ3) is 8.99. The molecule has 9 nitrogen and oxygen atoms in total. The highest BCUT2D eigenvalue weighted by Crippen LogP contribution is 2.26. The molecule has 2 heterocycles. The number of hydrogen-bond donors (Lipinski definition) is 4. The van der Waals surface area contributed by atoms with E-state index in [1.807, 2.05) is 42.5 Å². The minimum absolute atomic E-state index is 0.317. The Morgan fingerprint density at radius 3 is 1.85 bits per heavy atom. The number of nitrogens with two attached hydrogens (primary N) is 1. The molecule has 1 unspecified atom stereocenters. The summed E-state index contributed by atoms with van der Waals surface area (Å²) in [6.45, 7) is 0. The molecule has 0 fully saturated rings. The number of benzene rings is 2. The van der Waals surface area contributed by atoms with Crippen LogP contribution in [-0.4, -0.2) is 56.6 Å². The van der Waals surface area contributed by atoms with Crippen LogP contribution in [0.25, 0.3) is 22.2 Å². The molecule has 4 rings (SSSR count). The summed E-state index contributed by atoms with van der Waals surface area (Å²) in [5.74, 6) is -3.96. The van der Waals surface area contributed by atoms with Crippen molar-refractivity contribution in [2.75, 3.05) is 7.11 Å². The number of carboxylic acids is 2. The average Bonchev–Trinajstić information content (AvgIpc) is 3.32. The molecule has 0 aliphatic heterocycles. The van der Waals surface area contributed by atoms with Crippen LogP contribution in [0.3, 0.4) is 0 Å². The molecule has 0 amide bonds. The van der Waals surface area contributed by atoms with Crippen LogP contribution >= 0.6 is 0 Å². The second-order valence-corrected chi connectivity index (χ2v) is 7.45. The van der Waals surface area contributed by atoms with Crippen molar-refractivity contribution in [3.63, 3.8) is 0 Å². The summed E-state index contributed by atoms with van der Waals surface area (Å²) in [6, 6.07) is 17.5. The third-order valence-corrected chi connectivity index (χ3v) is 4.77. The smallest absolute Gasteiger partial charge is 0.490 e. The van der Waals surface area contributed by atoms with E-state index in [4.69, 9.17) is 30.3 Å². The molecule has 39 heavy (non-hydrogen) atoms. The molecule has 0 bridgehead atoms. The van der Waals surface area contributed by atoms with E-state index in [2.05, 4.69) is 27.1 Å². The molecular weight excluding hydrogens is 538 g/mol. The quantitative estimate of drug-likeness (QED) is 0.257. The highest BCUT2D eigenvalue weighted by molar-refractivity contribution is 5.82. The molecule has 2 aromatic carbocycles. The zero-order valence-corrected chi connectivity index (χ0v) is 19.8. The number of halogens is 6. The molecule has 1 atom stereocenters. The van der Waals surface area contributed by atoms with Crippen molar-refractivity contribution in [1.29, 1.82) is 0 Å². The number of alkyl halides is 6. The number of methoxy groups -OCH3 is 1. The van der Waals surface area contributed by atoms with Crippen molar-refractivity contribution in [1.82, 2.24) is 15.0 Å². The van der Waals surface area contributed by atoms with Crippen molar-refractivity contribution in [3.8, 4) is 16.9 Å². The Labute approximate surface area is 215 Å². The molecule has 0 spiro atoms. The Morgan fingerprint density at radius 2 is 1.38 bits per heavy atom. The lowest BCUT2D eigenvalue weighted by Gasteiger charge is -2.09. The second-order valence-electron chi connectivity index (χ2n) is 7.45. The minimum atomic E-state index is -5.08. The van der Waals surface area contributed by atoms with Gasteiger partial charge in [-0.2, -0.15) is 26.3 Å². The predicted octanol–water partition coefficient (Wildman–Crippen LogP) is 4.95. The average molecular weight is 558 g/mol. The maximum absolute atomic E-state index is 10.6. The van der Waals surface area contributed by atoms with E-state index >= 15 is 0 Å². The maximum Gasteiger partial charge on any atom is 0.490 e. The van der Waals surface area contributed by atoms with Gasteiger partial charge in [0, 0.05) is 12.4 Å². The fourth-order valence-corrected chi connectivity index (χ4v) is 2.87. The zero-order chi connectivity index (χ0) is 29.4. The number of aromatic nitrogens is 3. The highest BCUT2D eigenvalue weighted by atomic mass is 19.4. The number of nitrogens with one attached hydrogen (secondary N) is 1. The van der Waals surface area contributed by atoms with Crippen LogP contribution < -0.4 is 10.5 Å². The number of carbonyl (C=O) groups is 2. The first kappa shape index (κ1) is 30.6. The van der Waals surface area contributed by atoms with E-state index in [1.54, 1.807) is 19.5 Å². The lowest BCUT2D eigenvalue weighted by atomic mass is 10.1. The maximum atomic E-state index is 10.6. The number of carboxylic acid groups (broad SMARTS) is 2. The van der Waals surface area contributed by atoms with Crippen LogP contribution in [0.2, 0.25) is 0 Å². The molecule has 4 aromatic rings. The van der Waals surface area contributed by atoms with Gasteiger partial charge in [-0.1, -0.05) is 18.2 Å². The number of pyridine rings is 1. The number of imidazole rings is 1. The SMILES string of the molecule is COc1ccc(C(N)c2nc3ccc(-c4ccncc4)cc3[nH]2)cc1.O=C(O)C(F)(F)F.O=C(O)C(F)(F)F. The number of hydrogen-bond acceptors (Lipinski definition) is 6. The number of aromatic amines is 1. The van der Waals surface area contributed by atoms with Gasteiger partial charge in [0.1, 0.15) is 11.6 Å². The summed E-state index contributed by atoms with van der Waals surface area (Å²) < 4.78 is 68.7. The van der Waals surface area contributed by atoms with E-state index in [0.29, 0.717) is 0 Å². The van der Waals surface area contributed by atoms with Gasteiger partial charge in [0.25, 0.3) is 0 Å². The van der Waals surface area contributed by atoms with E-state index in [-0.39, 0.29) is 6.04 Å². The zero-order valence-electron chi connectivity index (χ0n) is 19.8. The van der Waals surface area contributed by atoms with Crippen molar-refractivity contribution in [2.45, 2.75) is 18.4 Å². The largest absolute Gasteiger partial charge is 0.497 e. The Hall–Kier alpha value is -4.66. The van der Waals surface area contributed by atoms with Crippen molar-refractivity contribution in [3.05, 3.63) is 78.4 Å². The first-order chi connectivity index (χ1) is 18.1. The molecule has 0 saturated heterocycles. The molecule has 15 heteroatoms. The topological polar surface area (TPSA) is 151 Å². The van der Waals surface area contributed by atoms with Crippen LogP contribution in [0.1, 0.15) is 17.4 Å². The van der Waals surface area contributed by atoms with E-state index in [9.17, 15) is 26.3 Å². The molecule has 0 aliphatic rings. The van der Waals surface area contributed by atoms with Crippen molar-refractivity contribution in [2.24, 2.45) is 5.73 Å². The van der Waals surface area contributed by atoms with Crippen molar-refractivity contribution >= 4 is 23.0 Å². The number of nitrogens with zero attached hydrogens (tertiary/aromatic N) is 2. The van der Waals surface area contributed by atoms with Gasteiger partial charge < -0.3 is 25.7 Å². The highest BCUT2D eigenvalue weighted by Gasteiger charge is 2.38. The van der Waals surface area contributed by atoms with Crippen LogP contribution in [0.5, 0.6) is 5.75 Å². The molecule has 0 radical (unpaired) electrons. The molecular formula is C24H20F6N4O5. The first-order valence-electron chi connectivity index (χ1n) is 10.5. The number of ether oxygens (including phenoxy) is 1. The standard InChI is InChI=1S/C20H18N4O.2C2HF3O2/c1-25-16-5-2-14(3-6-16)19(21)20-23-17-7-4-15(12-18(17)24-20)13-8-10-22-11-9-13;2*3-2(4,5)1(6)7/h2-12,19H,21H2,1H3,(H,23,24);2*(H,6,7). The van der Waals surface area contributed by atoms with Gasteiger partial charge in [-0.05, 0) is 53.1 Å². The number of rotatable bonds is 4. The minimum Gasteiger partial charge on any atom is -0.497 e. The molecule has 5 N–H and O–H groups in total. The first-order valence-corrected chi connectivity index (χ1v) is 10.5. The summed E-state index contributed by atoms with van der Waals surface area (Å²) in [7, 11) is 1.65. The van der Waals surface area contributed by atoms with Gasteiger partial charge in [0.15, 0.2) is 0 Å². The van der Waals surface area contributed by atoms with E-state index in [0.717, 1.165) is 39.3 Å². The Bertz CT molecular complexity index is 1370. The fraction of sp³-hybridized carbons (Fsp3) is 0.167. The third-order valence-electron chi connectivity index (χ3n) is 4.77. The molecule has 0 saturated carbocycles. The van der Waals surface area contributed by atoms with Gasteiger partial charge in [-0.3, -0.25) is 4.98 Å².